The van der Waals surface area contributed by atoms with Crippen LogP contribution in [0.3, 0.4) is 0 Å². The van der Waals surface area contributed by atoms with E-state index in [1.54, 1.807) is 6.08 Å². The number of sulfonamides is 1. The first kappa shape index (κ1) is 29.0. The van der Waals surface area contributed by atoms with Crippen molar-refractivity contribution in [3.8, 4) is 0 Å². The number of carbonyl (C=O) groups excluding carboxylic acids is 3. The lowest BCUT2D eigenvalue weighted by Gasteiger charge is -2.30. The molecule has 4 rings (SSSR count). The van der Waals surface area contributed by atoms with Gasteiger partial charge in [0.05, 0.1) is 4.91 Å². The van der Waals surface area contributed by atoms with Gasteiger partial charge in [-0.05, 0) is 59.4 Å². The standard InChI is InChI=1S/C28H32FN3O5S2/c1-28(2,3)21-10-8-19(9-11-21)18-23-26(34)32(27(35)38-23)17-14-30-25(33)20-12-15-31(16-13-20)39(36,37)24-7-5-4-6-22(24)29/h4-11,18,20H,12-17H2,1-3H3,(H,30,33)/b23-18-. The van der Waals surface area contributed by atoms with Crippen molar-refractivity contribution in [2.45, 2.75) is 43.9 Å². The van der Waals surface area contributed by atoms with Gasteiger partial charge in [0, 0.05) is 32.1 Å². The van der Waals surface area contributed by atoms with Crippen molar-refractivity contribution in [1.29, 1.82) is 0 Å². The zero-order chi connectivity index (χ0) is 28.4. The minimum atomic E-state index is -3.98. The Morgan fingerprint density at radius 1 is 1.08 bits per heavy atom. The molecule has 2 fully saturated rings. The predicted molar refractivity (Wildman–Crippen MR) is 149 cm³/mol. The fourth-order valence-corrected chi connectivity index (χ4v) is 6.91. The Morgan fingerprint density at radius 3 is 2.33 bits per heavy atom. The van der Waals surface area contributed by atoms with E-state index in [1.807, 2.05) is 24.3 Å². The number of halogens is 1. The summed E-state index contributed by atoms with van der Waals surface area (Å²) in [7, 11) is -3.98. The maximum absolute atomic E-state index is 14.0. The summed E-state index contributed by atoms with van der Waals surface area (Å²) in [4.78, 5) is 39.0. The van der Waals surface area contributed by atoms with Crippen molar-refractivity contribution in [2.24, 2.45) is 5.92 Å². The fraction of sp³-hybridized carbons (Fsp3) is 0.393. The largest absolute Gasteiger partial charge is 0.354 e. The van der Waals surface area contributed by atoms with Gasteiger partial charge in [-0.25, -0.2) is 12.8 Å². The van der Waals surface area contributed by atoms with Crippen LogP contribution in [0.4, 0.5) is 9.18 Å². The lowest BCUT2D eigenvalue weighted by Crippen LogP contribution is -2.44. The summed E-state index contributed by atoms with van der Waals surface area (Å²) in [5.74, 6) is -1.88. The Balaban J connectivity index is 1.27. The fourth-order valence-electron chi connectivity index (χ4n) is 4.51. The maximum atomic E-state index is 14.0. The van der Waals surface area contributed by atoms with E-state index in [9.17, 15) is 27.2 Å². The van der Waals surface area contributed by atoms with Crippen LogP contribution in [0.5, 0.6) is 0 Å². The number of benzene rings is 2. The highest BCUT2D eigenvalue weighted by Gasteiger charge is 2.36. The Bertz CT molecular complexity index is 1390. The summed E-state index contributed by atoms with van der Waals surface area (Å²) in [5, 5.41) is 2.37. The molecule has 0 bridgehead atoms. The molecule has 2 heterocycles. The third-order valence-electron chi connectivity index (χ3n) is 6.86. The maximum Gasteiger partial charge on any atom is 0.293 e. The molecule has 0 unspecified atom stereocenters. The van der Waals surface area contributed by atoms with Gasteiger partial charge in [0.2, 0.25) is 15.9 Å². The van der Waals surface area contributed by atoms with Crippen molar-refractivity contribution in [3.63, 3.8) is 0 Å². The average Bonchev–Trinajstić information content (AvgIpc) is 3.16. The van der Waals surface area contributed by atoms with Gasteiger partial charge < -0.3 is 5.32 Å². The molecular formula is C28H32FN3O5S2. The number of carbonyl (C=O) groups is 3. The minimum Gasteiger partial charge on any atom is -0.354 e. The van der Waals surface area contributed by atoms with Crippen LogP contribution in [0, 0.1) is 11.7 Å². The molecule has 2 aromatic rings. The van der Waals surface area contributed by atoms with E-state index >= 15 is 0 Å². The molecule has 3 amide bonds. The molecule has 2 aromatic carbocycles. The second kappa shape index (κ2) is 11.6. The molecule has 1 N–H and O–H groups in total. The highest BCUT2D eigenvalue weighted by atomic mass is 32.2. The number of nitrogens with one attached hydrogen (secondary N) is 1. The molecule has 0 atom stereocenters. The van der Waals surface area contributed by atoms with E-state index in [2.05, 4.69) is 26.1 Å². The number of piperidine rings is 1. The lowest BCUT2D eigenvalue weighted by atomic mass is 9.87. The van der Waals surface area contributed by atoms with Crippen LogP contribution in [0.1, 0.15) is 44.7 Å². The van der Waals surface area contributed by atoms with Crippen LogP contribution in [-0.2, 0) is 25.0 Å². The van der Waals surface area contributed by atoms with E-state index < -0.39 is 32.9 Å². The van der Waals surface area contributed by atoms with Crippen molar-refractivity contribution < 1.29 is 27.2 Å². The summed E-state index contributed by atoms with van der Waals surface area (Å²) >= 11 is 0.872. The molecule has 2 aliphatic heterocycles. The van der Waals surface area contributed by atoms with Crippen molar-refractivity contribution in [3.05, 3.63) is 70.4 Å². The van der Waals surface area contributed by atoms with E-state index in [0.29, 0.717) is 4.91 Å². The zero-order valence-corrected chi connectivity index (χ0v) is 23.8. The molecule has 0 radical (unpaired) electrons. The minimum absolute atomic E-state index is 0.0110. The smallest absolute Gasteiger partial charge is 0.293 e. The molecule has 39 heavy (non-hydrogen) atoms. The van der Waals surface area contributed by atoms with Crippen LogP contribution in [-0.4, -0.2) is 60.9 Å². The van der Waals surface area contributed by atoms with Crippen LogP contribution >= 0.6 is 11.8 Å². The van der Waals surface area contributed by atoms with E-state index in [0.717, 1.165) is 28.3 Å². The van der Waals surface area contributed by atoms with Gasteiger partial charge in [0.15, 0.2) is 0 Å². The second-order valence-electron chi connectivity index (χ2n) is 10.6. The molecule has 208 valence electrons. The summed E-state index contributed by atoms with van der Waals surface area (Å²) in [5.41, 5.74) is 2.00. The van der Waals surface area contributed by atoms with Gasteiger partial charge in [0.1, 0.15) is 10.7 Å². The highest BCUT2D eigenvalue weighted by molar-refractivity contribution is 8.18. The van der Waals surface area contributed by atoms with Crippen LogP contribution in [0.15, 0.2) is 58.3 Å². The van der Waals surface area contributed by atoms with Gasteiger partial charge in [-0.15, -0.1) is 0 Å². The van der Waals surface area contributed by atoms with Gasteiger partial charge in [-0.3, -0.25) is 19.3 Å². The molecule has 2 saturated heterocycles. The second-order valence-corrected chi connectivity index (χ2v) is 13.5. The SMILES string of the molecule is CC(C)(C)c1ccc(/C=C2\SC(=O)N(CCNC(=O)C3CCN(S(=O)(=O)c4ccccc4F)CC3)C2=O)cc1. The number of hydrogen-bond acceptors (Lipinski definition) is 6. The Kier molecular flexibility index (Phi) is 8.63. The summed E-state index contributed by atoms with van der Waals surface area (Å²) < 4.78 is 40.8. The first-order valence-electron chi connectivity index (χ1n) is 12.8. The summed E-state index contributed by atoms with van der Waals surface area (Å²) in [6.45, 7) is 6.68. The molecule has 0 aromatic heterocycles. The quantitative estimate of drug-likeness (QED) is 0.494. The lowest BCUT2D eigenvalue weighted by molar-refractivity contribution is -0.127. The Hall–Kier alpha value is -3.02. The summed E-state index contributed by atoms with van der Waals surface area (Å²) in [6, 6.07) is 13.1. The Morgan fingerprint density at radius 2 is 1.72 bits per heavy atom. The van der Waals surface area contributed by atoms with Gasteiger partial charge >= 0.3 is 0 Å². The van der Waals surface area contributed by atoms with Crippen molar-refractivity contribution in [2.75, 3.05) is 26.2 Å². The molecule has 0 aliphatic carbocycles. The van der Waals surface area contributed by atoms with Crippen LogP contribution < -0.4 is 5.32 Å². The van der Waals surface area contributed by atoms with Gasteiger partial charge in [-0.1, -0.05) is 57.2 Å². The third kappa shape index (κ3) is 6.59. The monoisotopic (exact) mass is 573 g/mol. The number of nitrogens with zero attached hydrogens (tertiary/aromatic N) is 2. The number of thioether (sulfide) groups is 1. The van der Waals surface area contributed by atoms with Crippen LogP contribution in [0.25, 0.3) is 6.08 Å². The number of amides is 3. The molecule has 0 spiro atoms. The molecule has 11 heteroatoms. The van der Waals surface area contributed by atoms with Crippen LogP contribution in [0.2, 0.25) is 0 Å². The topological polar surface area (TPSA) is 104 Å². The zero-order valence-electron chi connectivity index (χ0n) is 22.1. The molecule has 2 aliphatic rings. The molecule has 0 saturated carbocycles. The first-order chi connectivity index (χ1) is 18.4. The van der Waals surface area contributed by atoms with Gasteiger partial charge in [-0.2, -0.15) is 4.31 Å². The third-order valence-corrected chi connectivity index (χ3v) is 9.70. The van der Waals surface area contributed by atoms with Gasteiger partial charge in [0.25, 0.3) is 11.1 Å². The molecule has 8 nitrogen and oxygen atoms in total. The molecular weight excluding hydrogens is 541 g/mol. The average molecular weight is 574 g/mol. The summed E-state index contributed by atoms with van der Waals surface area (Å²) in [6.07, 6.45) is 2.27. The Labute approximate surface area is 232 Å². The first-order valence-corrected chi connectivity index (χ1v) is 15.0. The van der Waals surface area contributed by atoms with Crippen molar-refractivity contribution in [1.82, 2.24) is 14.5 Å². The van der Waals surface area contributed by atoms with E-state index in [1.165, 1.54) is 28.1 Å². The van der Waals surface area contributed by atoms with E-state index in [-0.39, 0.29) is 55.2 Å². The number of hydrogen-bond donors (Lipinski definition) is 1. The van der Waals surface area contributed by atoms with Crippen molar-refractivity contribution >= 4 is 44.9 Å². The number of rotatable bonds is 7. The van der Waals surface area contributed by atoms with E-state index in [4.69, 9.17) is 0 Å². The predicted octanol–water partition coefficient (Wildman–Crippen LogP) is 4.38. The normalized spacial score (nSPS) is 18.7. The highest BCUT2D eigenvalue weighted by Crippen LogP contribution is 2.32. The number of imide groups is 1.